The molecule has 0 saturated carbocycles. The number of aryl methyl sites for hydroxylation is 1. The van der Waals surface area contributed by atoms with Crippen LogP contribution in [0.25, 0.3) is 0 Å². The van der Waals surface area contributed by atoms with Crippen molar-refractivity contribution in [3.8, 4) is 0 Å². The summed E-state index contributed by atoms with van der Waals surface area (Å²) >= 11 is 0. The standard InChI is InChI=1S/C15H24N2O2/c1-5-19-9-13(10(2)3)17-15(18)14-11(4)7-6-8-12(14)16/h6-8,10,13H,5,9,16H2,1-4H3,(H,17,18). The second-order valence-corrected chi connectivity index (χ2v) is 5.02. The lowest BCUT2D eigenvalue weighted by molar-refractivity contribution is 0.0806. The van der Waals surface area contributed by atoms with E-state index in [0.29, 0.717) is 30.4 Å². The Morgan fingerprint density at radius 3 is 2.63 bits per heavy atom. The monoisotopic (exact) mass is 264 g/mol. The number of nitrogen functional groups attached to an aromatic ring is 1. The number of carbonyl (C=O) groups excluding carboxylic acids is 1. The molecule has 4 heteroatoms. The Kier molecular flexibility index (Phi) is 5.83. The first-order chi connectivity index (χ1) is 8.97. The topological polar surface area (TPSA) is 64.3 Å². The van der Waals surface area contributed by atoms with E-state index in [1.807, 2.05) is 26.0 Å². The van der Waals surface area contributed by atoms with Crippen LogP contribution in [0.2, 0.25) is 0 Å². The molecule has 106 valence electrons. The van der Waals surface area contributed by atoms with Crippen molar-refractivity contribution >= 4 is 11.6 Å². The van der Waals surface area contributed by atoms with Crippen molar-refractivity contribution in [2.75, 3.05) is 18.9 Å². The fourth-order valence-electron chi connectivity index (χ4n) is 1.89. The Bertz CT molecular complexity index is 410. The van der Waals surface area contributed by atoms with Gasteiger partial charge in [0.1, 0.15) is 0 Å². The predicted molar refractivity (Wildman–Crippen MR) is 78.2 cm³/mol. The summed E-state index contributed by atoms with van der Waals surface area (Å²) < 4.78 is 5.41. The molecule has 0 radical (unpaired) electrons. The van der Waals surface area contributed by atoms with Crippen molar-refractivity contribution in [1.82, 2.24) is 5.32 Å². The molecule has 0 aliphatic rings. The number of amides is 1. The van der Waals surface area contributed by atoms with Gasteiger partial charge in [0.25, 0.3) is 5.91 Å². The van der Waals surface area contributed by atoms with Gasteiger partial charge in [-0.05, 0) is 31.4 Å². The largest absolute Gasteiger partial charge is 0.398 e. The lowest BCUT2D eigenvalue weighted by Crippen LogP contribution is -2.42. The van der Waals surface area contributed by atoms with Gasteiger partial charge in [0.15, 0.2) is 0 Å². The number of hydrogen-bond donors (Lipinski definition) is 2. The van der Waals surface area contributed by atoms with Crippen LogP contribution >= 0.6 is 0 Å². The summed E-state index contributed by atoms with van der Waals surface area (Å²) in [5, 5.41) is 3.01. The predicted octanol–water partition coefficient (Wildman–Crippen LogP) is 2.37. The number of carbonyl (C=O) groups is 1. The molecule has 0 fully saturated rings. The van der Waals surface area contributed by atoms with Crippen molar-refractivity contribution in [1.29, 1.82) is 0 Å². The maximum absolute atomic E-state index is 12.3. The second-order valence-electron chi connectivity index (χ2n) is 5.02. The first-order valence-electron chi connectivity index (χ1n) is 6.71. The van der Waals surface area contributed by atoms with E-state index in [9.17, 15) is 4.79 Å². The van der Waals surface area contributed by atoms with Gasteiger partial charge in [0.2, 0.25) is 0 Å². The molecular formula is C15H24N2O2. The zero-order valence-corrected chi connectivity index (χ0v) is 12.2. The highest BCUT2D eigenvalue weighted by Crippen LogP contribution is 2.16. The lowest BCUT2D eigenvalue weighted by Gasteiger charge is -2.23. The van der Waals surface area contributed by atoms with Gasteiger partial charge in [-0.3, -0.25) is 4.79 Å². The van der Waals surface area contributed by atoms with E-state index >= 15 is 0 Å². The van der Waals surface area contributed by atoms with Gasteiger partial charge >= 0.3 is 0 Å². The van der Waals surface area contributed by atoms with Crippen LogP contribution in [0.1, 0.15) is 36.7 Å². The average Bonchev–Trinajstić information content (AvgIpc) is 2.33. The number of rotatable bonds is 6. The van der Waals surface area contributed by atoms with Gasteiger partial charge in [-0.15, -0.1) is 0 Å². The van der Waals surface area contributed by atoms with Crippen molar-refractivity contribution in [2.45, 2.75) is 33.7 Å². The quantitative estimate of drug-likeness (QED) is 0.775. The van der Waals surface area contributed by atoms with E-state index in [0.717, 1.165) is 5.56 Å². The van der Waals surface area contributed by atoms with Crippen LogP contribution in [0.4, 0.5) is 5.69 Å². The Labute approximate surface area is 115 Å². The first-order valence-corrected chi connectivity index (χ1v) is 6.71. The van der Waals surface area contributed by atoms with Gasteiger partial charge in [-0.25, -0.2) is 0 Å². The van der Waals surface area contributed by atoms with Crippen molar-refractivity contribution in [3.05, 3.63) is 29.3 Å². The number of anilines is 1. The fourth-order valence-corrected chi connectivity index (χ4v) is 1.89. The highest BCUT2D eigenvalue weighted by Gasteiger charge is 2.19. The van der Waals surface area contributed by atoms with E-state index in [4.69, 9.17) is 10.5 Å². The van der Waals surface area contributed by atoms with Gasteiger partial charge < -0.3 is 15.8 Å². The summed E-state index contributed by atoms with van der Waals surface area (Å²) in [6, 6.07) is 5.47. The number of nitrogens with two attached hydrogens (primary N) is 1. The van der Waals surface area contributed by atoms with Crippen LogP contribution in [0.15, 0.2) is 18.2 Å². The molecule has 0 bridgehead atoms. The Hall–Kier alpha value is -1.55. The van der Waals surface area contributed by atoms with Crippen LogP contribution < -0.4 is 11.1 Å². The maximum Gasteiger partial charge on any atom is 0.253 e. The molecule has 1 rings (SSSR count). The van der Waals surface area contributed by atoms with Crippen molar-refractivity contribution in [3.63, 3.8) is 0 Å². The number of hydrogen-bond acceptors (Lipinski definition) is 3. The molecule has 1 atom stereocenters. The zero-order chi connectivity index (χ0) is 14.4. The second kappa shape index (κ2) is 7.14. The van der Waals surface area contributed by atoms with E-state index in [2.05, 4.69) is 19.2 Å². The molecule has 0 aromatic heterocycles. The van der Waals surface area contributed by atoms with E-state index in [1.165, 1.54) is 0 Å². The van der Waals surface area contributed by atoms with Gasteiger partial charge in [-0.1, -0.05) is 26.0 Å². The van der Waals surface area contributed by atoms with Crippen LogP contribution in [-0.2, 0) is 4.74 Å². The third-order valence-electron chi connectivity index (χ3n) is 3.15. The van der Waals surface area contributed by atoms with E-state index in [1.54, 1.807) is 6.07 Å². The lowest BCUT2D eigenvalue weighted by atomic mass is 10.0. The minimum absolute atomic E-state index is 0.00791. The molecule has 3 N–H and O–H groups in total. The van der Waals surface area contributed by atoms with Crippen LogP contribution in [-0.4, -0.2) is 25.2 Å². The highest BCUT2D eigenvalue weighted by molar-refractivity contribution is 6.00. The molecule has 0 heterocycles. The molecule has 4 nitrogen and oxygen atoms in total. The minimum atomic E-state index is -0.131. The number of ether oxygens (including phenoxy) is 1. The average molecular weight is 264 g/mol. The van der Waals surface area contributed by atoms with Crippen molar-refractivity contribution < 1.29 is 9.53 Å². The van der Waals surface area contributed by atoms with Crippen LogP contribution in [0, 0.1) is 12.8 Å². The third-order valence-corrected chi connectivity index (χ3v) is 3.15. The summed E-state index contributed by atoms with van der Waals surface area (Å²) in [6.45, 7) is 9.12. The summed E-state index contributed by atoms with van der Waals surface area (Å²) in [6.07, 6.45) is 0. The zero-order valence-electron chi connectivity index (χ0n) is 12.2. The Balaban J connectivity index is 2.82. The first kappa shape index (κ1) is 15.5. The molecule has 1 unspecified atom stereocenters. The molecule has 1 aromatic rings. The molecular weight excluding hydrogens is 240 g/mol. The van der Waals surface area contributed by atoms with Crippen LogP contribution in [0.5, 0.6) is 0 Å². The normalized spacial score (nSPS) is 12.5. The van der Waals surface area contributed by atoms with Crippen molar-refractivity contribution in [2.24, 2.45) is 5.92 Å². The van der Waals surface area contributed by atoms with Gasteiger partial charge in [-0.2, -0.15) is 0 Å². The van der Waals surface area contributed by atoms with E-state index < -0.39 is 0 Å². The SMILES string of the molecule is CCOCC(NC(=O)c1c(C)cccc1N)C(C)C. The Morgan fingerprint density at radius 1 is 1.42 bits per heavy atom. The highest BCUT2D eigenvalue weighted by atomic mass is 16.5. The maximum atomic E-state index is 12.3. The minimum Gasteiger partial charge on any atom is -0.398 e. The van der Waals surface area contributed by atoms with Crippen LogP contribution in [0.3, 0.4) is 0 Å². The summed E-state index contributed by atoms with van der Waals surface area (Å²) in [5.41, 5.74) is 7.84. The molecule has 0 aliphatic heterocycles. The van der Waals surface area contributed by atoms with E-state index in [-0.39, 0.29) is 11.9 Å². The molecule has 0 aliphatic carbocycles. The molecule has 19 heavy (non-hydrogen) atoms. The summed E-state index contributed by atoms with van der Waals surface area (Å²) in [7, 11) is 0. The van der Waals surface area contributed by atoms with Gasteiger partial charge in [0.05, 0.1) is 18.2 Å². The number of benzene rings is 1. The fraction of sp³-hybridized carbons (Fsp3) is 0.533. The summed E-state index contributed by atoms with van der Waals surface area (Å²) in [4.78, 5) is 12.3. The Morgan fingerprint density at radius 2 is 2.11 bits per heavy atom. The molecule has 1 aromatic carbocycles. The molecule has 0 saturated heterocycles. The molecule has 0 spiro atoms. The number of nitrogens with one attached hydrogen (secondary N) is 1. The molecule has 1 amide bonds. The summed E-state index contributed by atoms with van der Waals surface area (Å²) in [5.74, 6) is 0.176. The van der Waals surface area contributed by atoms with Gasteiger partial charge in [0, 0.05) is 12.3 Å². The third kappa shape index (κ3) is 4.24. The smallest absolute Gasteiger partial charge is 0.253 e.